The minimum Gasteiger partial charge on any atom is -0.382 e. The third-order valence-corrected chi connectivity index (χ3v) is 3.01. The van der Waals surface area contributed by atoms with E-state index in [0.29, 0.717) is 11.7 Å². The van der Waals surface area contributed by atoms with Crippen LogP contribution in [0.4, 0.5) is 0 Å². The Bertz CT molecular complexity index is 374. The molecule has 0 aliphatic heterocycles. The van der Waals surface area contributed by atoms with Gasteiger partial charge in [-0.15, -0.1) is 0 Å². The van der Waals surface area contributed by atoms with Gasteiger partial charge in [-0.2, -0.15) is 0 Å². The van der Waals surface area contributed by atoms with E-state index in [2.05, 4.69) is 10.6 Å². The zero-order chi connectivity index (χ0) is 13.2. The summed E-state index contributed by atoms with van der Waals surface area (Å²) in [4.78, 5) is 0. The first-order valence-electron chi connectivity index (χ1n) is 6.07. The normalized spacial score (nSPS) is 10.1. The highest BCUT2D eigenvalue weighted by Crippen LogP contribution is 2.13. The van der Waals surface area contributed by atoms with E-state index < -0.39 is 0 Å². The highest BCUT2D eigenvalue weighted by atomic mass is 35.5. The van der Waals surface area contributed by atoms with E-state index in [1.165, 1.54) is 0 Å². The van der Waals surface area contributed by atoms with Gasteiger partial charge in [0.05, 0.1) is 0 Å². The number of ether oxygens (including phenoxy) is 1. The average molecular weight is 287 g/mol. The molecule has 0 heterocycles. The van der Waals surface area contributed by atoms with Gasteiger partial charge in [0, 0.05) is 31.3 Å². The lowest BCUT2D eigenvalue weighted by Gasteiger charge is -2.11. The Morgan fingerprint density at radius 1 is 1.33 bits per heavy atom. The Kier molecular flexibility index (Phi) is 7.73. The van der Waals surface area contributed by atoms with Crippen molar-refractivity contribution in [3.05, 3.63) is 34.9 Å². The SMILES string of the molecule is CCOCCCNC(=S)NCc1ccccc1Cl. The second kappa shape index (κ2) is 9.14. The van der Waals surface area contributed by atoms with Crippen LogP contribution in [0.5, 0.6) is 0 Å². The molecule has 0 atom stereocenters. The molecule has 0 radical (unpaired) electrons. The molecule has 3 nitrogen and oxygen atoms in total. The van der Waals surface area contributed by atoms with Crippen LogP contribution < -0.4 is 10.6 Å². The summed E-state index contributed by atoms with van der Waals surface area (Å²) in [6, 6.07) is 7.72. The van der Waals surface area contributed by atoms with E-state index in [0.717, 1.165) is 36.8 Å². The minimum atomic E-state index is 0.636. The monoisotopic (exact) mass is 286 g/mol. The third kappa shape index (κ3) is 6.19. The molecule has 1 rings (SSSR count). The summed E-state index contributed by atoms with van der Waals surface area (Å²) in [5.74, 6) is 0. The molecular formula is C13H19ClN2OS. The van der Waals surface area contributed by atoms with E-state index in [1.807, 2.05) is 31.2 Å². The third-order valence-electron chi connectivity index (χ3n) is 2.35. The molecule has 0 aromatic heterocycles. The van der Waals surface area contributed by atoms with E-state index in [-0.39, 0.29) is 0 Å². The number of nitrogens with one attached hydrogen (secondary N) is 2. The highest BCUT2D eigenvalue weighted by Gasteiger charge is 1.99. The molecule has 0 fully saturated rings. The molecule has 2 N–H and O–H groups in total. The molecule has 1 aromatic carbocycles. The lowest BCUT2D eigenvalue weighted by atomic mass is 10.2. The van der Waals surface area contributed by atoms with Gasteiger partial charge in [0.15, 0.2) is 5.11 Å². The summed E-state index contributed by atoms with van der Waals surface area (Å²) >= 11 is 11.2. The topological polar surface area (TPSA) is 33.3 Å². The highest BCUT2D eigenvalue weighted by molar-refractivity contribution is 7.80. The molecule has 0 spiro atoms. The van der Waals surface area contributed by atoms with Gasteiger partial charge in [-0.25, -0.2) is 0 Å². The fraction of sp³-hybridized carbons (Fsp3) is 0.462. The zero-order valence-corrected chi connectivity index (χ0v) is 12.1. The maximum absolute atomic E-state index is 6.05. The van der Waals surface area contributed by atoms with Gasteiger partial charge >= 0.3 is 0 Å². The number of thiocarbonyl (C=S) groups is 1. The number of hydrogen-bond donors (Lipinski definition) is 2. The smallest absolute Gasteiger partial charge is 0.166 e. The molecule has 0 saturated carbocycles. The molecule has 1 aromatic rings. The number of halogens is 1. The number of rotatable bonds is 7. The Morgan fingerprint density at radius 3 is 2.83 bits per heavy atom. The van der Waals surface area contributed by atoms with Crippen molar-refractivity contribution in [2.45, 2.75) is 19.9 Å². The Labute approximate surface area is 119 Å². The van der Waals surface area contributed by atoms with Crippen molar-refractivity contribution >= 4 is 28.9 Å². The summed E-state index contributed by atoms with van der Waals surface area (Å²) in [5, 5.41) is 7.65. The molecular weight excluding hydrogens is 268 g/mol. The van der Waals surface area contributed by atoms with Crippen molar-refractivity contribution in [1.82, 2.24) is 10.6 Å². The quantitative estimate of drug-likeness (QED) is 0.596. The van der Waals surface area contributed by atoms with Crippen molar-refractivity contribution in [1.29, 1.82) is 0 Å². The number of hydrogen-bond acceptors (Lipinski definition) is 2. The molecule has 0 aliphatic carbocycles. The average Bonchev–Trinajstić information content (AvgIpc) is 2.37. The summed E-state index contributed by atoms with van der Waals surface area (Å²) in [7, 11) is 0. The fourth-order valence-corrected chi connectivity index (χ4v) is 1.78. The molecule has 100 valence electrons. The van der Waals surface area contributed by atoms with Crippen LogP contribution in [0.25, 0.3) is 0 Å². The predicted octanol–water partition coefficient (Wildman–Crippen LogP) is 2.73. The molecule has 5 heteroatoms. The van der Waals surface area contributed by atoms with Crippen LogP contribution in [0.3, 0.4) is 0 Å². The lowest BCUT2D eigenvalue weighted by molar-refractivity contribution is 0.145. The van der Waals surface area contributed by atoms with Crippen molar-refractivity contribution in [3.8, 4) is 0 Å². The van der Waals surface area contributed by atoms with Crippen LogP contribution >= 0.6 is 23.8 Å². The van der Waals surface area contributed by atoms with Gasteiger partial charge in [0.1, 0.15) is 0 Å². The molecule has 0 saturated heterocycles. The second-order valence-electron chi connectivity index (χ2n) is 3.75. The van der Waals surface area contributed by atoms with Crippen LogP contribution in [-0.4, -0.2) is 24.9 Å². The van der Waals surface area contributed by atoms with E-state index in [9.17, 15) is 0 Å². The van der Waals surface area contributed by atoms with Crippen LogP contribution in [0.2, 0.25) is 5.02 Å². The molecule has 0 aliphatic rings. The zero-order valence-electron chi connectivity index (χ0n) is 10.5. The molecule has 0 bridgehead atoms. The van der Waals surface area contributed by atoms with Crippen LogP contribution in [0, 0.1) is 0 Å². The van der Waals surface area contributed by atoms with Crippen LogP contribution in [-0.2, 0) is 11.3 Å². The Morgan fingerprint density at radius 2 is 2.11 bits per heavy atom. The van der Waals surface area contributed by atoms with E-state index >= 15 is 0 Å². The largest absolute Gasteiger partial charge is 0.382 e. The van der Waals surface area contributed by atoms with Crippen LogP contribution in [0.1, 0.15) is 18.9 Å². The maximum atomic E-state index is 6.05. The maximum Gasteiger partial charge on any atom is 0.166 e. The van der Waals surface area contributed by atoms with Gasteiger partial charge in [-0.05, 0) is 37.2 Å². The number of benzene rings is 1. The molecule has 18 heavy (non-hydrogen) atoms. The first-order chi connectivity index (χ1) is 8.74. The summed E-state index contributed by atoms with van der Waals surface area (Å²) in [6.07, 6.45) is 0.946. The summed E-state index contributed by atoms with van der Waals surface area (Å²) < 4.78 is 5.24. The molecule has 0 amide bonds. The first kappa shape index (κ1) is 15.2. The Balaban J connectivity index is 2.15. The van der Waals surface area contributed by atoms with Crippen molar-refractivity contribution in [3.63, 3.8) is 0 Å². The fourth-order valence-electron chi connectivity index (χ4n) is 1.40. The lowest BCUT2D eigenvalue weighted by Crippen LogP contribution is -2.35. The van der Waals surface area contributed by atoms with E-state index in [4.69, 9.17) is 28.6 Å². The second-order valence-corrected chi connectivity index (χ2v) is 4.57. The van der Waals surface area contributed by atoms with Crippen molar-refractivity contribution in [2.75, 3.05) is 19.8 Å². The molecule has 0 unspecified atom stereocenters. The summed E-state index contributed by atoms with van der Waals surface area (Å²) in [5.41, 5.74) is 1.04. The van der Waals surface area contributed by atoms with Crippen LogP contribution in [0.15, 0.2) is 24.3 Å². The van der Waals surface area contributed by atoms with Gasteiger partial charge in [0.2, 0.25) is 0 Å². The minimum absolute atomic E-state index is 0.636. The summed E-state index contributed by atoms with van der Waals surface area (Å²) in [6.45, 7) is 4.96. The standard InChI is InChI=1S/C13H19ClN2OS/c1-2-17-9-5-8-15-13(18)16-10-11-6-3-4-7-12(11)14/h3-4,6-7H,2,5,8-10H2,1H3,(H2,15,16,18). The van der Waals surface area contributed by atoms with Crippen molar-refractivity contribution < 1.29 is 4.74 Å². The predicted molar refractivity (Wildman–Crippen MR) is 80.0 cm³/mol. The first-order valence-corrected chi connectivity index (χ1v) is 6.85. The van der Waals surface area contributed by atoms with Gasteiger partial charge in [-0.3, -0.25) is 0 Å². The van der Waals surface area contributed by atoms with Gasteiger partial charge in [0.25, 0.3) is 0 Å². The van der Waals surface area contributed by atoms with E-state index in [1.54, 1.807) is 0 Å². The van der Waals surface area contributed by atoms with Crippen molar-refractivity contribution in [2.24, 2.45) is 0 Å². The van der Waals surface area contributed by atoms with Gasteiger partial charge in [-0.1, -0.05) is 29.8 Å². The van der Waals surface area contributed by atoms with Gasteiger partial charge < -0.3 is 15.4 Å². The Hall–Kier alpha value is -0.840.